The molecule has 24 heavy (non-hydrogen) atoms. The normalized spacial score (nSPS) is 16.0. The van der Waals surface area contributed by atoms with Crippen LogP contribution in [-0.4, -0.2) is 35.9 Å². The van der Waals surface area contributed by atoms with Crippen LogP contribution in [0.15, 0.2) is 33.9 Å². The molecule has 3 N–H and O–H groups in total. The van der Waals surface area contributed by atoms with Crippen LogP contribution in [0.4, 0.5) is 0 Å². The van der Waals surface area contributed by atoms with Gasteiger partial charge in [-0.05, 0) is 12.5 Å². The minimum absolute atomic E-state index is 0.120. The SMILES string of the molecule is COc1cccc2c1OCC(NC(=O)Cc1cc(=O)[nH][nH]c1=O)C2. The highest BCUT2D eigenvalue weighted by Crippen LogP contribution is 2.34. The monoisotopic (exact) mass is 331 g/mol. The van der Waals surface area contributed by atoms with Crippen molar-refractivity contribution in [3.63, 3.8) is 0 Å². The maximum Gasteiger partial charge on any atom is 0.266 e. The van der Waals surface area contributed by atoms with Crippen molar-refractivity contribution in [1.29, 1.82) is 0 Å². The molecule has 2 heterocycles. The van der Waals surface area contributed by atoms with Crippen LogP contribution in [0, 0.1) is 0 Å². The Kier molecular flexibility index (Phi) is 4.37. The fourth-order valence-electron chi connectivity index (χ4n) is 2.69. The number of fused-ring (bicyclic) bond motifs is 1. The van der Waals surface area contributed by atoms with Gasteiger partial charge >= 0.3 is 0 Å². The van der Waals surface area contributed by atoms with Crippen molar-refractivity contribution < 1.29 is 14.3 Å². The molecule has 0 spiro atoms. The highest BCUT2D eigenvalue weighted by atomic mass is 16.5. The van der Waals surface area contributed by atoms with Crippen LogP contribution in [0.25, 0.3) is 0 Å². The number of aromatic amines is 2. The van der Waals surface area contributed by atoms with Gasteiger partial charge in [0.15, 0.2) is 11.5 Å². The van der Waals surface area contributed by atoms with Crippen molar-refractivity contribution in [2.24, 2.45) is 0 Å². The Hall–Kier alpha value is -3.03. The zero-order valence-electron chi connectivity index (χ0n) is 13.0. The molecule has 0 saturated carbocycles. The Labute approximate surface area is 136 Å². The second-order valence-corrected chi connectivity index (χ2v) is 5.52. The molecule has 0 bridgehead atoms. The number of hydrogen-bond donors (Lipinski definition) is 3. The maximum absolute atomic E-state index is 12.1. The number of nitrogens with one attached hydrogen (secondary N) is 3. The van der Waals surface area contributed by atoms with E-state index in [0.29, 0.717) is 24.5 Å². The number of aromatic nitrogens is 2. The average molecular weight is 331 g/mol. The van der Waals surface area contributed by atoms with E-state index in [-0.39, 0.29) is 23.9 Å². The van der Waals surface area contributed by atoms with E-state index in [0.717, 1.165) is 11.6 Å². The van der Waals surface area contributed by atoms with Crippen LogP contribution in [-0.2, 0) is 17.6 Å². The van der Waals surface area contributed by atoms with Gasteiger partial charge in [-0.15, -0.1) is 0 Å². The number of ether oxygens (including phenoxy) is 2. The molecule has 1 aliphatic rings. The van der Waals surface area contributed by atoms with Crippen LogP contribution >= 0.6 is 0 Å². The van der Waals surface area contributed by atoms with Gasteiger partial charge in [0.1, 0.15) is 6.61 Å². The van der Waals surface area contributed by atoms with Crippen LogP contribution in [0.1, 0.15) is 11.1 Å². The van der Waals surface area contributed by atoms with Crippen molar-refractivity contribution in [2.75, 3.05) is 13.7 Å². The summed E-state index contributed by atoms with van der Waals surface area (Å²) >= 11 is 0. The van der Waals surface area contributed by atoms with E-state index in [9.17, 15) is 14.4 Å². The summed E-state index contributed by atoms with van der Waals surface area (Å²) in [5.41, 5.74) is 0.120. The van der Waals surface area contributed by atoms with Crippen molar-refractivity contribution in [2.45, 2.75) is 18.9 Å². The Balaban J connectivity index is 1.67. The van der Waals surface area contributed by atoms with Gasteiger partial charge in [-0.25, -0.2) is 0 Å². The highest BCUT2D eigenvalue weighted by molar-refractivity contribution is 5.78. The van der Waals surface area contributed by atoms with Gasteiger partial charge in [0.05, 0.1) is 19.6 Å². The standard InChI is InChI=1S/C16H17N3O5/c1-23-12-4-2-3-9-5-11(8-24-15(9)12)17-13(20)6-10-7-14(21)18-19-16(10)22/h2-4,7,11H,5-6,8H2,1H3,(H,17,20)(H,18,21)(H,19,22). The second kappa shape index (κ2) is 6.61. The molecule has 8 heteroatoms. The quantitative estimate of drug-likeness (QED) is 0.714. The first kappa shape index (κ1) is 15.9. The van der Waals surface area contributed by atoms with Crippen molar-refractivity contribution in [3.05, 3.63) is 56.1 Å². The highest BCUT2D eigenvalue weighted by Gasteiger charge is 2.24. The van der Waals surface area contributed by atoms with Gasteiger partial charge in [0, 0.05) is 17.2 Å². The van der Waals surface area contributed by atoms with Crippen molar-refractivity contribution in [1.82, 2.24) is 15.5 Å². The Morgan fingerprint density at radius 2 is 2.21 bits per heavy atom. The predicted octanol–water partition coefficient (Wildman–Crippen LogP) is -0.266. The number of rotatable bonds is 4. The minimum atomic E-state index is -0.486. The minimum Gasteiger partial charge on any atom is -0.493 e. The molecule has 2 aromatic rings. The molecule has 1 atom stereocenters. The summed E-state index contributed by atoms with van der Waals surface area (Å²) in [6, 6.07) is 6.50. The zero-order valence-corrected chi connectivity index (χ0v) is 13.0. The van der Waals surface area contributed by atoms with Gasteiger partial charge in [-0.3, -0.25) is 24.6 Å². The third-order valence-electron chi connectivity index (χ3n) is 3.79. The van der Waals surface area contributed by atoms with Gasteiger partial charge in [0.2, 0.25) is 5.91 Å². The number of amides is 1. The molecule has 3 rings (SSSR count). The largest absolute Gasteiger partial charge is 0.493 e. The fraction of sp³-hybridized carbons (Fsp3) is 0.312. The number of hydrogen-bond acceptors (Lipinski definition) is 5. The number of carbonyl (C=O) groups is 1. The number of methoxy groups -OCH3 is 1. The third-order valence-corrected chi connectivity index (χ3v) is 3.79. The topological polar surface area (TPSA) is 113 Å². The summed E-state index contributed by atoms with van der Waals surface area (Å²) in [5, 5.41) is 7.17. The summed E-state index contributed by atoms with van der Waals surface area (Å²) in [6.07, 6.45) is 0.435. The van der Waals surface area contributed by atoms with Gasteiger partial charge in [-0.2, -0.15) is 0 Å². The molecule has 126 valence electrons. The van der Waals surface area contributed by atoms with E-state index in [4.69, 9.17) is 9.47 Å². The van der Waals surface area contributed by atoms with E-state index in [1.54, 1.807) is 7.11 Å². The molecule has 0 saturated heterocycles. The van der Waals surface area contributed by atoms with Gasteiger partial charge in [-0.1, -0.05) is 12.1 Å². The van der Waals surface area contributed by atoms with E-state index in [1.807, 2.05) is 18.2 Å². The number of H-pyrrole nitrogens is 2. The lowest BCUT2D eigenvalue weighted by molar-refractivity contribution is -0.121. The molecule has 1 aromatic heterocycles. The number of para-hydroxylation sites is 1. The molecule has 1 aliphatic heterocycles. The van der Waals surface area contributed by atoms with E-state index in [2.05, 4.69) is 15.5 Å². The smallest absolute Gasteiger partial charge is 0.266 e. The zero-order chi connectivity index (χ0) is 17.1. The fourth-order valence-corrected chi connectivity index (χ4v) is 2.69. The second-order valence-electron chi connectivity index (χ2n) is 5.52. The van der Waals surface area contributed by atoms with Gasteiger partial charge < -0.3 is 14.8 Å². The van der Waals surface area contributed by atoms with Crippen molar-refractivity contribution in [3.8, 4) is 11.5 Å². The Morgan fingerprint density at radius 1 is 1.38 bits per heavy atom. The first-order valence-corrected chi connectivity index (χ1v) is 7.45. The van der Waals surface area contributed by atoms with Crippen LogP contribution in [0.3, 0.4) is 0 Å². The Bertz CT molecular complexity index is 871. The molecule has 8 nitrogen and oxygen atoms in total. The molecule has 0 radical (unpaired) electrons. The summed E-state index contributed by atoms with van der Waals surface area (Å²) in [7, 11) is 1.58. The summed E-state index contributed by atoms with van der Waals surface area (Å²) < 4.78 is 10.9. The first-order chi connectivity index (χ1) is 11.6. The van der Waals surface area contributed by atoms with E-state index in [1.165, 1.54) is 0 Å². The van der Waals surface area contributed by atoms with Crippen LogP contribution in [0.2, 0.25) is 0 Å². The average Bonchev–Trinajstić information content (AvgIpc) is 2.57. The molecule has 1 unspecified atom stereocenters. The summed E-state index contributed by atoms with van der Waals surface area (Å²) in [6.45, 7) is 0.310. The molecular weight excluding hydrogens is 314 g/mol. The molecular formula is C16H17N3O5. The van der Waals surface area contributed by atoms with E-state index >= 15 is 0 Å². The van der Waals surface area contributed by atoms with Crippen LogP contribution in [0.5, 0.6) is 11.5 Å². The Morgan fingerprint density at radius 3 is 3.00 bits per heavy atom. The number of carbonyl (C=O) groups excluding carboxylic acids is 1. The van der Waals surface area contributed by atoms with Crippen molar-refractivity contribution >= 4 is 5.91 Å². The summed E-state index contributed by atoms with van der Waals surface area (Å²) in [5.74, 6) is 1.01. The maximum atomic E-state index is 12.1. The lowest BCUT2D eigenvalue weighted by atomic mass is 10.0. The van der Waals surface area contributed by atoms with Gasteiger partial charge in [0.25, 0.3) is 11.1 Å². The third kappa shape index (κ3) is 3.32. The first-order valence-electron chi connectivity index (χ1n) is 7.45. The van der Waals surface area contributed by atoms with Crippen LogP contribution < -0.4 is 25.9 Å². The predicted molar refractivity (Wildman–Crippen MR) is 85.5 cm³/mol. The number of benzene rings is 1. The molecule has 1 amide bonds. The lowest BCUT2D eigenvalue weighted by Crippen LogP contribution is -2.44. The van der Waals surface area contributed by atoms with E-state index < -0.39 is 11.1 Å². The summed E-state index contributed by atoms with van der Waals surface area (Å²) in [4.78, 5) is 34.9. The lowest BCUT2D eigenvalue weighted by Gasteiger charge is -2.27. The molecule has 0 aliphatic carbocycles. The molecule has 1 aromatic carbocycles. The molecule has 0 fully saturated rings.